The number of amides is 1. The first-order valence-electron chi connectivity index (χ1n) is 8.96. The molecule has 0 radical (unpaired) electrons. The number of hydrogen-bond acceptors (Lipinski definition) is 4. The summed E-state index contributed by atoms with van der Waals surface area (Å²) >= 11 is 1.54. The summed E-state index contributed by atoms with van der Waals surface area (Å²) in [5, 5.41) is 2.82. The summed E-state index contributed by atoms with van der Waals surface area (Å²) in [5.41, 5.74) is 3.57. The van der Waals surface area contributed by atoms with Crippen LogP contribution in [0.3, 0.4) is 0 Å². The Morgan fingerprint density at radius 2 is 2.04 bits per heavy atom. The molecule has 1 aliphatic heterocycles. The second-order valence-electron chi connectivity index (χ2n) is 7.17. The summed E-state index contributed by atoms with van der Waals surface area (Å²) < 4.78 is 5.70. The SMILES string of the molecule is COC1CCC2(CCN(C(=O)c3csc(C)n3)CC2)c2ccccc21. The Kier molecular flexibility index (Phi) is 4.38. The van der Waals surface area contributed by atoms with Crippen LogP contribution >= 0.6 is 11.3 Å². The number of fused-ring (bicyclic) bond motifs is 2. The fourth-order valence-corrected chi connectivity index (χ4v) is 5.07. The molecule has 0 N–H and O–H groups in total. The highest BCUT2D eigenvalue weighted by Crippen LogP contribution is 2.48. The lowest BCUT2D eigenvalue weighted by Crippen LogP contribution is -2.47. The molecule has 4 rings (SSSR count). The average Bonchev–Trinajstić information content (AvgIpc) is 3.09. The third-order valence-corrected chi connectivity index (χ3v) is 6.67. The van der Waals surface area contributed by atoms with Crippen molar-refractivity contribution in [2.75, 3.05) is 20.2 Å². The van der Waals surface area contributed by atoms with E-state index in [0.29, 0.717) is 5.69 Å². The molecular formula is C20H24N2O2S. The van der Waals surface area contributed by atoms with Crippen LogP contribution in [0.1, 0.15) is 58.4 Å². The minimum Gasteiger partial charge on any atom is -0.377 e. The van der Waals surface area contributed by atoms with Gasteiger partial charge in [-0.25, -0.2) is 4.98 Å². The summed E-state index contributed by atoms with van der Waals surface area (Å²) in [5.74, 6) is 0.0815. The molecule has 132 valence electrons. The number of piperidine rings is 1. The minimum absolute atomic E-state index is 0.0815. The topological polar surface area (TPSA) is 42.4 Å². The molecule has 1 amide bonds. The zero-order valence-electron chi connectivity index (χ0n) is 14.8. The van der Waals surface area contributed by atoms with Crippen LogP contribution in [-0.2, 0) is 10.2 Å². The Bertz CT molecular complexity index is 778. The molecule has 5 heteroatoms. The van der Waals surface area contributed by atoms with Gasteiger partial charge in [0.25, 0.3) is 5.91 Å². The fourth-order valence-electron chi connectivity index (χ4n) is 4.48. The second-order valence-corrected chi connectivity index (χ2v) is 8.24. The van der Waals surface area contributed by atoms with Crippen LogP contribution in [0.2, 0.25) is 0 Å². The van der Waals surface area contributed by atoms with Crippen molar-refractivity contribution in [2.24, 2.45) is 0 Å². The van der Waals surface area contributed by atoms with Gasteiger partial charge < -0.3 is 9.64 Å². The third-order valence-electron chi connectivity index (χ3n) is 5.89. The first-order chi connectivity index (χ1) is 12.1. The van der Waals surface area contributed by atoms with E-state index in [2.05, 4.69) is 29.2 Å². The van der Waals surface area contributed by atoms with Crippen molar-refractivity contribution < 1.29 is 9.53 Å². The van der Waals surface area contributed by atoms with Crippen molar-refractivity contribution in [1.29, 1.82) is 0 Å². The maximum atomic E-state index is 12.7. The molecule has 1 aromatic heterocycles. The van der Waals surface area contributed by atoms with Gasteiger partial charge in [0.05, 0.1) is 11.1 Å². The van der Waals surface area contributed by atoms with Gasteiger partial charge in [0.1, 0.15) is 5.69 Å². The highest BCUT2D eigenvalue weighted by Gasteiger charge is 2.42. The molecule has 0 bridgehead atoms. The number of likely N-dealkylation sites (tertiary alicyclic amines) is 1. The predicted octanol–water partition coefficient (Wildman–Crippen LogP) is 4.11. The van der Waals surface area contributed by atoms with Crippen LogP contribution in [0.25, 0.3) is 0 Å². The van der Waals surface area contributed by atoms with Gasteiger partial charge in [-0.05, 0) is 49.1 Å². The van der Waals surface area contributed by atoms with E-state index in [1.165, 1.54) is 22.5 Å². The highest BCUT2D eigenvalue weighted by atomic mass is 32.1. The van der Waals surface area contributed by atoms with Crippen LogP contribution < -0.4 is 0 Å². The first kappa shape index (κ1) is 16.7. The van der Waals surface area contributed by atoms with E-state index in [1.54, 1.807) is 7.11 Å². The van der Waals surface area contributed by atoms with Crippen LogP contribution in [0.5, 0.6) is 0 Å². The third kappa shape index (κ3) is 2.89. The van der Waals surface area contributed by atoms with Crippen molar-refractivity contribution in [2.45, 2.75) is 44.1 Å². The van der Waals surface area contributed by atoms with Crippen molar-refractivity contribution >= 4 is 17.2 Å². The molecule has 2 aromatic rings. The number of aromatic nitrogens is 1. The maximum absolute atomic E-state index is 12.7. The summed E-state index contributed by atoms with van der Waals surface area (Å²) in [7, 11) is 1.80. The first-order valence-corrected chi connectivity index (χ1v) is 9.84. The lowest BCUT2D eigenvalue weighted by Gasteiger charge is -2.46. The van der Waals surface area contributed by atoms with Gasteiger partial charge in [0.2, 0.25) is 0 Å². The number of thiazole rings is 1. The number of methoxy groups -OCH3 is 1. The summed E-state index contributed by atoms with van der Waals surface area (Å²) in [6, 6.07) is 8.71. The Balaban J connectivity index is 1.54. The van der Waals surface area contributed by atoms with Gasteiger partial charge in [0.15, 0.2) is 0 Å². The quantitative estimate of drug-likeness (QED) is 0.813. The van der Waals surface area contributed by atoms with E-state index in [4.69, 9.17) is 4.74 Å². The van der Waals surface area contributed by atoms with Gasteiger partial charge in [-0.3, -0.25) is 4.79 Å². The molecule has 4 nitrogen and oxygen atoms in total. The lowest BCUT2D eigenvalue weighted by molar-refractivity contribution is 0.0498. The normalized spacial score (nSPS) is 22.0. The predicted molar refractivity (Wildman–Crippen MR) is 99.1 cm³/mol. The molecule has 2 heterocycles. The van der Waals surface area contributed by atoms with E-state index >= 15 is 0 Å². The summed E-state index contributed by atoms with van der Waals surface area (Å²) in [4.78, 5) is 19.0. The van der Waals surface area contributed by atoms with E-state index in [1.807, 2.05) is 17.2 Å². The molecule has 1 fully saturated rings. The molecule has 2 aliphatic rings. The Labute approximate surface area is 152 Å². The Morgan fingerprint density at radius 3 is 2.72 bits per heavy atom. The molecule has 1 aliphatic carbocycles. The number of carbonyl (C=O) groups is 1. The minimum atomic E-state index is 0.0815. The summed E-state index contributed by atoms with van der Waals surface area (Å²) in [6.07, 6.45) is 4.46. The number of ether oxygens (including phenoxy) is 1. The number of carbonyl (C=O) groups excluding carboxylic acids is 1. The molecule has 25 heavy (non-hydrogen) atoms. The number of aryl methyl sites for hydroxylation is 1. The zero-order chi connectivity index (χ0) is 17.4. The highest BCUT2D eigenvalue weighted by molar-refractivity contribution is 7.09. The van der Waals surface area contributed by atoms with Crippen molar-refractivity contribution in [1.82, 2.24) is 9.88 Å². The van der Waals surface area contributed by atoms with Crippen molar-refractivity contribution in [3.63, 3.8) is 0 Å². The monoisotopic (exact) mass is 356 g/mol. The second kappa shape index (κ2) is 6.54. The lowest BCUT2D eigenvalue weighted by atomic mass is 9.64. The summed E-state index contributed by atoms with van der Waals surface area (Å²) in [6.45, 7) is 3.56. The van der Waals surface area contributed by atoms with E-state index in [0.717, 1.165) is 43.8 Å². The molecule has 1 aromatic carbocycles. The van der Waals surface area contributed by atoms with E-state index in [-0.39, 0.29) is 17.4 Å². The van der Waals surface area contributed by atoms with Crippen LogP contribution in [0.4, 0.5) is 0 Å². The maximum Gasteiger partial charge on any atom is 0.273 e. The van der Waals surface area contributed by atoms with Gasteiger partial charge in [-0.15, -0.1) is 11.3 Å². The van der Waals surface area contributed by atoms with E-state index < -0.39 is 0 Å². The average molecular weight is 356 g/mol. The van der Waals surface area contributed by atoms with Crippen molar-refractivity contribution in [3.05, 3.63) is 51.5 Å². The molecule has 1 spiro atoms. The number of hydrogen-bond donors (Lipinski definition) is 0. The van der Waals surface area contributed by atoms with E-state index in [9.17, 15) is 4.79 Å². The van der Waals surface area contributed by atoms with Crippen molar-refractivity contribution in [3.8, 4) is 0 Å². The zero-order valence-corrected chi connectivity index (χ0v) is 15.6. The van der Waals surface area contributed by atoms with Crippen LogP contribution in [-0.4, -0.2) is 36.0 Å². The Morgan fingerprint density at radius 1 is 1.28 bits per heavy atom. The molecule has 1 saturated heterocycles. The van der Waals surface area contributed by atoms with Gasteiger partial charge >= 0.3 is 0 Å². The molecule has 1 atom stereocenters. The largest absolute Gasteiger partial charge is 0.377 e. The standard InChI is InChI=1S/C20H24N2O2S/c1-14-21-17(13-25-14)19(23)22-11-9-20(10-12-22)8-7-18(24-2)15-5-3-4-6-16(15)20/h3-6,13,18H,7-12H2,1-2H3. The number of nitrogens with zero attached hydrogens (tertiary/aromatic N) is 2. The Hall–Kier alpha value is -1.72. The smallest absolute Gasteiger partial charge is 0.273 e. The molecule has 0 saturated carbocycles. The molecular weight excluding hydrogens is 332 g/mol. The van der Waals surface area contributed by atoms with Gasteiger partial charge in [-0.1, -0.05) is 24.3 Å². The van der Waals surface area contributed by atoms with Gasteiger partial charge in [-0.2, -0.15) is 0 Å². The van der Waals surface area contributed by atoms with Crippen LogP contribution in [0.15, 0.2) is 29.6 Å². The van der Waals surface area contributed by atoms with Crippen LogP contribution in [0, 0.1) is 6.92 Å². The molecule has 1 unspecified atom stereocenters. The van der Waals surface area contributed by atoms with Gasteiger partial charge in [0, 0.05) is 25.6 Å². The fraction of sp³-hybridized carbons (Fsp3) is 0.500. The number of rotatable bonds is 2. The number of benzene rings is 1.